The van der Waals surface area contributed by atoms with Gasteiger partial charge in [-0.1, -0.05) is 6.08 Å². The molecule has 0 fully saturated rings. The van der Waals surface area contributed by atoms with Crippen molar-refractivity contribution in [3.8, 4) is 0 Å². The fraction of sp³-hybridized carbons (Fsp3) is 0.250. The van der Waals surface area contributed by atoms with Gasteiger partial charge in [-0.05, 0) is 12.2 Å². The van der Waals surface area contributed by atoms with Crippen molar-refractivity contribution < 1.29 is 9.53 Å². The summed E-state index contributed by atoms with van der Waals surface area (Å²) in [4.78, 5) is 10.1. The molecule has 1 aliphatic rings. The second kappa shape index (κ2) is 3.04. The van der Waals surface area contributed by atoms with Gasteiger partial charge < -0.3 is 4.74 Å². The molecule has 0 aromatic carbocycles. The van der Waals surface area contributed by atoms with E-state index in [0.717, 1.165) is 5.76 Å². The third kappa shape index (κ3) is 1.36. The Bertz CT molecular complexity index is 230. The number of hydrogen-bond acceptors (Lipinski definition) is 2. The SMILES string of the molecule is COC1=CC=CC(=C=O)C1. The van der Waals surface area contributed by atoms with Crippen molar-refractivity contribution in [1.82, 2.24) is 0 Å². The molecule has 52 valence electrons. The van der Waals surface area contributed by atoms with Crippen molar-refractivity contribution in [3.05, 3.63) is 29.6 Å². The predicted molar refractivity (Wildman–Crippen MR) is 38.1 cm³/mol. The highest BCUT2D eigenvalue weighted by Crippen LogP contribution is 2.14. The average Bonchev–Trinajstić information content (AvgIpc) is 2.05. The lowest BCUT2D eigenvalue weighted by Gasteiger charge is -2.06. The summed E-state index contributed by atoms with van der Waals surface area (Å²) in [6.07, 6.45) is 5.91. The molecule has 0 atom stereocenters. The van der Waals surface area contributed by atoms with E-state index in [1.807, 2.05) is 12.0 Å². The normalized spacial score (nSPS) is 16.1. The van der Waals surface area contributed by atoms with Crippen LogP contribution in [0.1, 0.15) is 6.42 Å². The van der Waals surface area contributed by atoms with Gasteiger partial charge in [0.1, 0.15) is 11.7 Å². The minimum atomic E-state index is 0.566. The molecule has 1 aliphatic carbocycles. The van der Waals surface area contributed by atoms with Gasteiger partial charge in [0.15, 0.2) is 0 Å². The van der Waals surface area contributed by atoms with E-state index >= 15 is 0 Å². The number of allylic oxidation sites excluding steroid dienone is 4. The zero-order valence-electron chi connectivity index (χ0n) is 5.76. The standard InChI is InChI=1S/C8H8O2/c1-10-8-4-2-3-7(5-8)6-9/h2-4H,5H2,1H3. The van der Waals surface area contributed by atoms with Crippen LogP contribution >= 0.6 is 0 Å². The average molecular weight is 136 g/mol. The van der Waals surface area contributed by atoms with Crippen molar-refractivity contribution in [2.45, 2.75) is 6.42 Å². The van der Waals surface area contributed by atoms with Gasteiger partial charge in [0.05, 0.1) is 7.11 Å². The van der Waals surface area contributed by atoms with Crippen molar-refractivity contribution in [3.63, 3.8) is 0 Å². The van der Waals surface area contributed by atoms with E-state index in [2.05, 4.69) is 0 Å². The molecule has 0 unspecified atom stereocenters. The lowest BCUT2D eigenvalue weighted by atomic mass is 10.1. The highest BCUT2D eigenvalue weighted by molar-refractivity contribution is 5.59. The Balaban J connectivity index is 2.77. The van der Waals surface area contributed by atoms with Crippen LogP contribution in [0.3, 0.4) is 0 Å². The molecule has 0 radical (unpaired) electrons. The number of carbonyl (C=O) groups excluding carboxylic acids is 1. The Morgan fingerprint density at radius 1 is 1.70 bits per heavy atom. The van der Waals surface area contributed by atoms with Gasteiger partial charge in [0.2, 0.25) is 0 Å². The quantitative estimate of drug-likeness (QED) is 0.507. The van der Waals surface area contributed by atoms with Crippen LogP contribution in [-0.2, 0) is 9.53 Å². The van der Waals surface area contributed by atoms with Crippen LogP contribution in [0.15, 0.2) is 29.6 Å². The van der Waals surface area contributed by atoms with Gasteiger partial charge in [-0.15, -0.1) is 0 Å². The van der Waals surface area contributed by atoms with Crippen LogP contribution in [0.25, 0.3) is 0 Å². The Morgan fingerprint density at radius 2 is 2.50 bits per heavy atom. The minimum Gasteiger partial charge on any atom is -0.501 e. The number of rotatable bonds is 1. The first-order chi connectivity index (χ1) is 4.86. The second-order valence-electron chi connectivity index (χ2n) is 2.00. The van der Waals surface area contributed by atoms with Gasteiger partial charge in [-0.2, -0.15) is 0 Å². The summed E-state index contributed by atoms with van der Waals surface area (Å²) >= 11 is 0. The van der Waals surface area contributed by atoms with E-state index in [1.54, 1.807) is 19.3 Å². The number of methoxy groups -OCH3 is 1. The summed E-state index contributed by atoms with van der Waals surface area (Å²) in [6.45, 7) is 0. The molecular weight excluding hydrogens is 128 g/mol. The molecule has 1 rings (SSSR count). The zero-order chi connectivity index (χ0) is 7.40. The highest BCUT2D eigenvalue weighted by atomic mass is 16.5. The maximum Gasteiger partial charge on any atom is 0.128 e. The molecule has 0 spiro atoms. The molecule has 10 heavy (non-hydrogen) atoms. The molecule has 0 amide bonds. The van der Waals surface area contributed by atoms with Crippen LogP contribution in [0.4, 0.5) is 0 Å². The predicted octanol–water partition coefficient (Wildman–Crippen LogP) is 1.23. The summed E-state index contributed by atoms with van der Waals surface area (Å²) in [5.41, 5.74) is 0.638. The van der Waals surface area contributed by atoms with Crippen molar-refractivity contribution in [1.29, 1.82) is 0 Å². The van der Waals surface area contributed by atoms with Crippen molar-refractivity contribution in [2.24, 2.45) is 0 Å². The lowest BCUT2D eigenvalue weighted by molar-refractivity contribution is 0.283. The third-order valence-corrected chi connectivity index (χ3v) is 1.34. The molecule has 2 nitrogen and oxygen atoms in total. The van der Waals surface area contributed by atoms with E-state index in [1.165, 1.54) is 0 Å². The maximum absolute atomic E-state index is 10.1. The first-order valence-electron chi connectivity index (χ1n) is 3.02. The van der Waals surface area contributed by atoms with Crippen LogP contribution in [0.2, 0.25) is 0 Å². The molecule has 0 aromatic rings. The molecule has 2 heteroatoms. The Morgan fingerprint density at radius 3 is 3.10 bits per heavy atom. The topological polar surface area (TPSA) is 26.3 Å². The third-order valence-electron chi connectivity index (χ3n) is 1.34. The summed E-state index contributed by atoms with van der Waals surface area (Å²) in [7, 11) is 1.59. The van der Waals surface area contributed by atoms with Gasteiger partial charge in [0.25, 0.3) is 0 Å². The van der Waals surface area contributed by atoms with Crippen LogP contribution in [0.5, 0.6) is 0 Å². The fourth-order valence-corrected chi connectivity index (χ4v) is 0.787. The maximum atomic E-state index is 10.1. The largest absolute Gasteiger partial charge is 0.501 e. The van der Waals surface area contributed by atoms with E-state index in [0.29, 0.717) is 12.0 Å². The minimum absolute atomic E-state index is 0.566. The molecule has 0 N–H and O–H groups in total. The molecule has 0 heterocycles. The lowest BCUT2D eigenvalue weighted by Crippen LogP contribution is -1.92. The summed E-state index contributed by atoms with van der Waals surface area (Å²) in [5, 5.41) is 0. The van der Waals surface area contributed by atoms with Crippen LogP contribution < -0.4 is 0 Å². The van der Waals surface area contributed by atoms with Gasteiger partial charge in [0, 0.05) is 12.0 Å². The van der Waals surface area contributed by atoms with Crippen LogP contribution in [0, 0.1) is 0 Å². The van der Waals surface area contributed by atoms with Crippen LogP contribution in [-0.4, -0.2) is 13.1 Å². The molecule has 0 bridgehead atoms. The summed E-state index contributed by atoms with van der Waals surface area (Å²) in [6, 6.07) is 0. The fourth-order valence-electron chi connectivity index (χ4n) is 0.787. The Labute approximate surface area is 59.5 Å². The van der Waals surface area contributed by atoms with E-state index in [-0.39, 0.29) is 0 Å². The molecule has 0 aliphatic heterocycles. The van der Waals surface area contributed by atoms with Crippen molar-refractivity contribution >= 4 is 5.94 Å². The van der Waals surface area contributed by atoms with Crippen molar-refractivity contribution in [2.75, 3.05) is 7.11 Å². The zero-order valence-corrected chi connectivity index (χ0v) is 5.76. The van der Waals surface area contributed by atoms with Gasteiger partial charge in [-0.25, -0.2) is 4.79 Å². The number of ether oxygens (including phenoxy) is 1. The summed E-state index contributed by atoms with van der Waals surface area (Å²) in [5.74, 6) is 2.63. The Kier molecular flexibility index (Phi) is 2.08. The van der Waals surface area contributed by atoms with E-state index < -0.39 is 0 Å². The molecular formula is C8H8O2. The van der Waals surface area contributed by atoms with E-state index in [9.17, 15) is 4.79 Å². The highest BCUT2D eigenvalue weighted by Gasteiger charge is 2.03. The molecule has 0 aromatic heterocycles. The summed E-state index contributed by atoms with van der Waals surface area (Å²) < 4.78 is 4.93. The van der Waals surface area contributed by atoms with E-state index in [4.69, 9.17) is 4.74 Å². The number of hydrogen-bond donors (Lipinski definition) is 0. The molecule has 0 saturated heterocycles. The monoisotopic (exact) mass is 136 g/mol. The Hall–Kier alpha value is -1.27. The molecule has 0 saturated carbocycles. The first-order valence-corrected chi connectivity index (χ1v) is 3.02. The first kappa shape index (κ1) is 6.84. The smallest absolute Gasteiger partial charge is 0.128 e. The van der Waals surface area contributed by atoms with Gasteiger partial charge >= 0.3 is 0 Å². The second-order valence-corrected chi connectivity index (χ2v) is 2.00. The van der Waals surface area contributed by atoms with Gasteiger partial charge in [-0.3, -0.25) is 0 Å².